The van der Waals surface area contributed by atoms with Gasteiger partial charge in [-0.15, -0.1) is 0 Å². The van der Waals surface area contributed by atoms with Gasteiger partial charge in [-0.3, -0.25) is 15.0 Å². The molecule has 0 radical (unpaired) electrons. The van der Waals surface area contributed by atoms with E-state index in [0.29, 0.717) is 0 Å². The second-order valence-corrected chi connectivity index (χ2v) is 7.54. The van der Waals surface area contributed by atoms with Gasteiger partial charge in [-0.1, -0.05) is 32.5 Å². The molecule has 3 rings (SSSR count). The van der Waals surface area contributed by atoms with E-state index in [1.54, 1.807) is 0 Å². The van der Waals surface area contributed by atoms with Crippen LogP contribution in [0.2, 0.25) is 0 Å². The molecule has 0 spiro atoms. The van der Waals surface area contributed by atoms with Gasteiger partial charge in [0.05, 0.1) is 23.1 Å². The molecule has 1 fully saturated rings. The lowest BCUT2D eigenvalue weighted by atomic mass is 9.90. The molecule has 1 aromatic heterocycles. The molecule has 1 saturated heterocycles. The van der Waals surface area contributed by atoms with Crippen LogP contribution in [0.1, 0.15) is 56.7 Å². The van der Waals surface area contributed by atoms with Crippen molar-refractivity contribution in [2.75, 3.05) is 12.3 Å². The van der Waals surface area contributed by atoms with Gasteiger partial charge in [0.25, 0.3) is 0 Å². The van der Waals surface area contributed by atoms with E-state index in [2.05, 4.69) is 31.1 Å². The first-order valence-electron chi connectivity index (χ1n) is 7.35. The average Bonchev–Trinajstić information content (AvgIpc) is 2.90. The summed E-state index contributed by atoms with van der Waals surface area (Å²) in [6.07, 6.45) is 5.22. The topological polar surface area (TPSA) is 50.2 Å². The molecule has 0 bridgehead atoms. The Morgan fingerprint density at radius 2 is 2.25 bits per heavy atom. The predicted molar refractivity (Wildman–Crippen MR) is 84.3 cm³/mol. The normalized spacial score (nSPS) is 24.6. The fourth-order valence-corrected chi connectivity index (χ4v) is 3.36. The van der Waals surface area contributed by atoms with Crippen molar-refractivity contribution in [3.05, 3.63) is 23.3 Å². The summed E-state index contributed by atoms with van der Waals surface area (Å²) in [7, 11) is 0. The molecule has 1 N–H and O–H groups in total. The molecular weight excluding hydrogens is 268 g/mol. The highest BCUT2D eigenvalue weighted by Crippen LogP contribution is 2.33. The number of hydrogen-bond acceptors (Lipinski definition) is 4. The monoisotopic (exact) mass is 290 g/mol. The molecule has 0 aromatic carbocycles. The van der Waals surface area contributed by atoms with Crippen molar-refractivity contribution in [1.82, 2.24) is 15.3 Å². The molecule has 1 atom stereocenters. The second kappa shape index (κ2) is 5.35. The third-order valence-corrected chi connectivity index (χ3v) is 4.68. The van der Waals surface area contributed by atoms with E-state index in [1.807, 2.05) is 18.0 Å². The molecule has 20 heavy (non-hydrogen) atoms. The van der Waals surface area contributed by atoms with E-state index >= 15 is 0 Å². The molecule has 1 aliphatic heterocycles. The third kappa shape index (κ3) is 2.82. The van der Waals surface area contributed by atoms with Gasteiger partial charge in [0.1, 0.15) is 0 Å². The first-order valence-corrected chi connectivity index (χ1v) is 8.33. The van der Waals surface area contributed by atoms with Crippen LogP contribution in [0.15, 0.2) is 11.2 Å². The minimum Gasteiger partial charge on any atom is -0.364 e. The maximum atomic E-state index is 4.90. The zero-order chi connectivity index (χ0) is 14.2. The summed E-state index contributed by atoms with van der Waals surface area (Å²) in [6.45, 7) is 7.57. The minimum absolute atomic E-state index is 0.0392. The Kier molecular flexibility index (Phi) is 3.71. The molecular formula is C15H22N4S. The number of nitrogens with zero attached hydrogens (tertiary/aromatic N) is 3. The van der Waals surface area contributed by atoms with Crippen LogP contribution < -0.4 is 5.32 Å². The number of aromatic nitrogens is 2. The van der Waals surface area contributed by atoms with Crippen molar-refractivity contribution >= 4 is 16.9 Å². The van der Waals surface area contributed by atoms with Crippen molar-refractivity contribution in [3.63, 3.8) is 0 Å². The van der Waals surface area contributed by atoms with E-state index in [0.717, 1.165) is 53.8 Å². The van der Waals surface area contributed by atoms with E-state index in [9.17, 15) is 0 Å². The van der Waals surface area contributed by atoms with Gasteiger partial charge in [0, 0.05) is 23.9 Å². The summed E-state index contributed by atoms with van der Waals surface area (Å²) < 4.78 is 0. The lowest BCUT2D eigenvalue weighted by Gasteiger charge is -2.24. The van der Waals surface area contributed by atoms with Crippen LogP contribution in [0.25, 0.3) is 0 Å². The van der Waals surface area contributed by atoms with E-state index in [-0.39, 0.29) is 11.5 Å². The van der Waals surface area contributed by atoms with Gasteiger partial charge in [-0.2, -0.15) is 0 Å². The SMILES string of the molecule is CC(C)(C)c1cnc2c(n1)C(/N=C1/NCCS1)CCC2. The lowest BCUT2D eigenvalue weighted by Crippen LogP contribution is -2.21. The van der Waals surface area contributed by atoms with Crippen molar-refractivity contribution < 1.29 is 0 Å². The standard InChI is InChI=1S/C15H22N4S/c1-15(2,3)12-9-17-10-5-4-6-11(13(10)19-12)18-14-16-7-8-20-14/h9,11H,4-8H2,1-3H3,(H,16,18). The number of aryl methyl sites for hydroxylation is 1. The molecule has 108 valence electrons. The maximum absolute atomic E-state index is 4.90. The summed E-state index contributed by atoms with van der Waals surface area (Å²) in [5.41, 5.74) is 3.35. The van der Waals surface area contributed by atoms with E-state index in [1.165, 1.54) is 0 Å². The number of aliphatic imine (C=N–C) groups is 1. The zero-order valence-corrected chi connectivity index (χ0v) is 13.3. The van der Waals surface area contributed by atoms with Crippen LogP contribution in [-0.4, -0.2) is 27.4 Å². The summed E-state index contributed by atoms with van der Waals surface area (Å²) in [6, 6.07) is 0.182. The second-order valence-electron chi connectivity index (χ2n) is 6.45. The molecule has 2 aliphatic rings. The Morgan fingerprint density at radius 3 is 2.95 bits per heavy atom. The van der Waals surface area contributed by atoms with Gasteiger partial charge in [-0.25, -0.2) is 0 Å². The Bertz CT molecular complexity index is 525. The number of fused-ring (bicyclic) bond motifs is 1. The van der Waals surface area contributed by atoms with Crippen LogP contribution in [0.4, 0.5) is 0 Å². The molecule has 1 unspecified atom stereocenters. The third-order valence-electron chi connectivity index (χ3n) is 3.74. The van der Waals surface area contributed by atoms with Crippen molar-refractivity contribution in [2.45, 2.75) is 51.5 Å². The minimum atomic E-state index is 0.0392. The Morgan fingerprint density at radius 1 is 1.40 bits per heavy atom. The summed E-state index contributed by atoms with van der Waals surface area (Å²) in [5.74, 6) is 1.12. The fraction of sp³-hybridized carbons (Fsp3) is 0.667. The highest BCUT2D eigenvalue weighted by Gasteiger charge is 2.26. The lowest BCUT2D eigenvalue weighted by molar-refractivity contribution is 0.514. The number of nitrogens with one attached hydrogen (secondary N) is 1. The molecule has 1 aromatic rings. The number of thioether (sulfide) groups is 1. The smallest absolute Gasteiger partial charge is 0.157 e. The predicted octanol–water partition coefficient (Wildman–Crippen LogP) is 2.84. The fourth-order valence-electron chi connectivity index (χ4n) is 2.56. The van der Waals surface area contributed by atoms with Crippen LogP contribution >= 0.6 is 11.8 Å². The first-order chi connectivity index (χ1) is 9.54. The Hall–Kier alpha value is -1.10. The van der Waals surface area contributed by atoms with E-state index in [4.69, 9.17) is 9.98 Å². The largest absolute Gasteiger partial charge is 0.364 e. The molecule has 1 aliphatic carbocycles. The van der Waals surface area contributed by atoms with Crippen LogP contribution in [0, 0.1) is 0 Å². The van der Waals surface area contributed by atoms with E-state index < -0.39 is 0 Å². The summed E-state index contributed by atoms with van der Waals surface area (Å²) in [4.78, 5) is 14.4. The van der Waals surface area contributed by atoms with Gasteiger partial charge in [-0.05, 0) is 19.3 Å². The van der Waals surface area contributed by atoms with Crippen molar-refractivity contribution in [2.24, 2.45) is 4.99 Å². The molecule has 0 saturated carbocycles. The molecule has 0 amide bonds. The average molecular weight is 290 g/mol. The zero-order valence-electron chi connectivity index (χ0n) is 12.4. The quantitative estimate of drug-likeness (QED) is 0.864. The van der Waals surface area contributed by atoms with Crippen LogP contribution in [-0.2, 0) is 11.8 Å². The number of rotatable bonds is 1. The Labute approximate surface area is 124 Å². The maximum Gasteiger partial charge on any atom is 0.157 e. The molecule has 4 nitrogen and oxygen atoms in total. The van der Waals surface area contributed by atoms with Crippen LogP contribution in [0.5, 0.6) is 0 Å². The molecule has 5 heteroatoms. The summed E-state index contributed by atoms with van der Waals surface area (Å²) >= 11 is 1.81. The molecule has 2 heterocycles. The van der Waals surface area contributed by atoms with Crippen molar-refractivity contribution in [3.8, 4) is 0 Å². The van der Waals surface area contributed by atoms with Gasteiger partial charge < -0.3 is 5.32 Å². The summed E-state index contributed by atoms with van der Waals surface area (Å²) in [5, 5.41) is 4.42. The van der Waals surface area contributed by atoms with Crippen molar-refractivity contribution in [1.29, 1.82) is 0 Å². The number of hydrogen-bond donors (Lipinski definition) is 1. The van der Waals surface area contributed by atoms with Gasteiger partial charge in [0.2, 0.25) is 0 Å². The highest BCUT2D eigenvalue weighted by atomic mass is 32.2. The number of amidine groups is 1. The van der Waals surface area contributed by atoms with Gasteiger partial charge >= 0.3 is 0 Å². The van der Waals surface area contributed by atoms with Gasteiger partial charge in [0.15, 0.2) is 5.17 Å². The highest BCUT2D eigenvalue weighted by molar-refractivity contribution is 8.14. The first kappa shape index (κ1) is 13.9. The van der Waals surface area contributed by atoms with Crippen LogP contribution in [0.3, 0.4) is 0 Å². The Balaban J connectivity index is 1.95.